The fraction of sp³-hybridized carbons (Fsp3) is 0.0667. The lowest BCUT2D eigenvalue weighted by molar-refractivity contribution is 0.582. The van der Waals surface area contributed by atoms with Crippen LogP contribution < -0.4 is 4.72 Å². The first-order valence-corrected chi connectivity index (χ1v) is 7.58. The van der Waals surface area contributed by atoms with Crippen LogP contribution in [0.2, 0.25) is 0 Å². The summed E-state index contributed by atoms with van der Waals surface area (Å²) < 4.78 is 39.2. The van der Waals surface area contributed by atoms with E-state index in [1.54, 1.807) is 30.3 Å². The second kappa shape index (κ2) is 6.45. The molecule has 0 unspecified atom stereocenters. The third-order valence-corrected chi connectivity index (χ3v) is 3.70. The van der Waals surface area contributed by atoms with Gasteiger partial charge >= 0.3 is 0 Å². The highest BCUT2D eigenvalue weighted by atomic mass is 32.2. The van der Waals surface area contributed by atoms with E-state index in [1.165, 1.54) is 12.1 Å². The van der Waals surface area contributed by atoms with Crippen LogP contribution in [0.1, 0.15) is 11.1 Å². The summed E-state index contributed by atoms with van der Waals surface area (Å²) in [6, 6.07) is 15.1. The summed E-state index contributed by atoms with van der Waals surface area (Å²) in [5.41, 5.74) is 1.09. The van der Waals surface area contributed by atoms with Crippen LogP contribution in [0.3, 0.4) is 0 Å². The third kappa shape index (κ3) is 4.29. The molecular formula is C15H14FNO2S. The number of hydrogen-bond acceptors (Lipinski definition) is 2. The van der Waals surface area contributed by atoms with Crippen molar-refractivity contribution < 1.29 is 12.8 Å². The van der Waals surface area contributed by atoms with Crippen LogP contribution in [0.15, 0.2) is 60.0 Å². The molecule has 0 spiro atoms. The van der Waals surface area contributed by atoms with Crippen LogP contribution >= 0.6 is 0 Å². The molecule has 0 saturated heterocycles. The molecule has 0 atom stereocenters. The molecule has 104 valence electrons. The molecule has 0 radical (unpaired) electrons. The van der Waals surface area contributed by atoms with Crippen molar-refractivity contribution in [2.24, 2.45) is 0 Å². The molecule has 1 N–H and O–H groups in total. The Kier molecular flexibility index (Phi) is 4.65. The SMILES string of the molecule is O=S(=O)(/C=C/c1ccccc1)NCc1ccccc1F. The first-order chi connectivity index (χ1) is 9.57. The normalized spacial score (nSPS) is 11.8. The Morgan fingerprint density at radius 1 is 1.00 bits per heavy atom. The molecule has 0 heterocycles. The molecule has 0 saturated carbocycles. The summed E-state index contributed by atoms with van der Waals surface area (Å²) >= 11 is 0. The third-order valence-electron chi connectivity index (χ3n) is 2.66. The highest BCUT2D eigenvalue weighted by Gasteiger charge is 2.07. The summed E-state index contributed by atoms with van der Waals surface area (Å²) in [5.74, 6) is -0.428. The van der Waals surface area contributed by atoms with Crippen LogP contribution in [-0.2, 0) is 16.6 Å². The minimum absolute atomic E-state index is 0.0753. The van der Waals surface area contributed by atoms with E-state index in [-0.39, 0.29) is 6.54 Å². The van der Waals surface area contributed by atoms with E-state index in [9.17, 15) is 12.8 Å². The minimum Gasteiger partial charge on any atom is -0.208 e. The van der Waals surface area contributed by atoms with Crippen LogP contribution in [-0.4, -0.2) is 8.42 Å². The van der Waals surface area contributed by atoms with Crippen molar-refractivity contribution in [1.29, 1.82) is 0 Å². The largest absolute Gasteiger partial charge is 0.234 e. The Balaban J connectivity index is 2.02. The Labute approximate surface area is 117 Å². The number of halogens is 1. The lowest BCUT2D eigenvalue weighted by Gasteiger charge is -2.04. The molecule has 0 aliphatic rings. The van der Waals surface area contributed by atoms with Gasteiger partial charge in [0.2, 0.25) is 10.0 Å². The van der Waals surface area contributed by atoms with E-state index in [2.05, 4.69) is 4.72 Å². The predicted molar refractivity (Wildman–Crippen MR) is 77.6 cm³/mol. The van der Waals surface area contributed by atoms with Crippen LogP contribution in [0.4, 0.5) is 4.39 Å². The minimum atomic E-state index is -3.59. The van der Waals surface area contributed by atoms with Crippen molar-refractivity contribution in [2.75, 3.05) is 0 Å². The summed E-state index contributed by atoms with van der Waals surface area (Å²) in [4.78, 5) is 0. The summed E-state index contributed by atoms with van der Waals surface area (Å²) in [6.07, 6.45) is 1.49. The smallest absolute Gasteiger partial charge is 0.208 e. The van der Waals surface area contributed by atoms with E-state index in [4.69, 9.17) is 0 Å². The topological polar surface area (TPSA) is 46.2 Å². The van der Waals surface area contributed by atoms with E-state index < -0.39 is 15.8 Å². The van der Waals surface area contributed by atoms with E-state index in [0.717, 1.165) is 11.0 Å². The zero-order valence-corrected chi connectivity index (χ0v) is 11.5. The molecule has 5 heteroatoms. The van der Waals surface area contributed by atoms with E-state index in [0.29, 0.717) is 5.56 Å². The van der Waals surface area contributed by atoms with Gasteiger partial charge in [-0.1, -0.05) is 48.5 Å². The molecule has 0 aliphatic heterocycles. The van der Waals surface area contributed by atoms with Crippen molar-refractivity contribution in [3.05, 3.63) is 76.9 Å². The van der Waals surface area contributed by atoms with Crippen molar-refractivity contribution in [3.8, 4) is 0 Å². The fourth-order valence-corrected chi connectivity index (χ4v) is 2.39. The van der Waals surface area contributed by atoms with Gasteiger partial charge in [0.25, 0.3) is 0 Å². The maximum atomic E-state index is 13.4. The Morgan fingerprint density at radius 2 is 1.65 bits per heavy atom. The summed E-state index contributed by atoms with van der Waals surface area (Å²) in [7, 11) is -3.59. The summed E-state index contributed by atoms with van der Waals surface area (Å²) in [6.45, 7) is -0.0753. The standard InChI is InChI=1S/C15H14FNO2S/c16-15-9-5-4-8-14(15)12-17-20(18,19)11-10-13-6-2-1-3-7-13/h1-11,17H,12H2/b11-10+. The molecule has 3 nitrogen and oxygen atoms in total. The Morgan fingerprint density at radius 3 is 2.35 bits per heavy atom. The molecule has 2 aromatic rings. The monoisotopic (exact) mass is 291 g/mol. The van der Waals surface area contributed by atoms with Crippen molar-refractivity contribution in [1.82, 2.24) is 4.72 Å². The van der Waals surface area contributed by atoms with Gasteiger partial charge in [-0.05, 0) is 17.7 Å². The van der Waals surface area contributed by atoms with Crippen LogP contribution in [0, 0.1) is 5.82 Å². The van der Waals surface area contributed by atoms with Gasteiger partial charge in [-0.25, -0.2) is 17.5 Å². The fourth-order valence-electron chi connectivity index (χ4n) is 1.60. The van der Waals surface area contributed by atoms with E-state index >= 15 is 0 Å². The second-order valence-corrected chi connectivity index (χ2v) is 5.82. The second-order valence-electron chi connectivity index (χ2n) is 4.17. The van der Waals surface area contributed by atoms with Gasteiger partial charge in [-0.15, -0.1) is 0 Å². The van der Waals surface area contributed by atoms with Gasteiger partial charge in [0.05, 0.1) is 0 Å². The van der Waals surface area contributed by atoms with Crippen molar-refractivity contribution >= 4 is 16.1 Å². The Hall–Kier alpha value is -1.98. The quantitative estimate of drug-likeness (QED) is 0.920. The lowest BCUT2D eigenvalue weighted by Crippen LogP contribution is -2.21. The molecule has 0 aromatic heterocycles. The summed E-state index contributed by atoms with van der Waals surface area (Å²) in [5, 5.41) is 1.07. The molecule has 0 amide bonds. The zero-order valence-electron chi connectivity index (χ0n) is 10.7. The van der Waals surface area contributed by atoms with Crippen LogP contribution in [0.25, 0.3) is 6.08 Å². The average Bonchev–Trinajstić information content (AvgIpc) is 2.46. The highest BCUT2D eigenvalue weighted by molar-refractivity contribution is 7.92. The molecule has 0 bridgehead atoms. The number of sulfonamides is 1. The molecule has 2 aromatic carbocycles. The van der Waals surface area contributed by atoms with Gasteiger partial charge in [0.15, 0.2) is 0 Å². The Bertz CT molecular complexity index is 697. The zero-order chi connectivity index (χ0) is 14.4. The first kappa shape index (κ1) is 14.4. The van der Waals surface area contributed by atoms with Gasteiger partial charge in [-0.3, -0.25) is 0 Å². The van der Waals surface area contributed by atoms with E-state index in [1.807, 2.05) is 18.2 Å². The van der Waals surface area contributed by atoms with Gasteiger partial charge in [0.1, 0.15) is 5.82 Å². The van der Waals surface area contributed by atoms with Crippen molar-refractivity contribution in [3.63, 3.8) is 0 Å². The van der Waals surface area contributed by atoms with Gasteiger partial charge < -0.3 is 0 Å². The maximum absolute atomic E-state index is 13.4. The highest BCUT2D eigenvalue weighted by Crippen LogP contribution is 2.07. The lowest BCUT2D eigenvalue weighted by atomic mass is 10.2. The molecule has 0 aliphatic carbocycles. The number of hydrogen-bond donors (Lipinski definition) is 1. The molecule has 20 heavy (non-hydrogen) atoms. The molecule has 0 fully saturated rings. The molecular weight excluding hydrogens is 277 g/mol. The van der Waals surface area contributed by atoms with Crippen LogP contribution in [0.5, 0.6) is 0 Å². The maximum Gasteiger partial charge on any atom is 0.234 e. The first-order valence-electron chi connectivity index (χ1n) is 6.03. The predicted octanol–water partition coefficient (Wildman–Crippen LogP) is 2.92. The average molecular weight is 291 g/mol. The van der Waals surface area contributed by atoms with Crippen molar-refractivity contribution in [2.45, 2.75) is 6.54 Å². The van der Waals surface area contributed by atoms with Gasteiger partial charge in [0, 0.05) is 17.5 Å². The van der Waals surface area contributed by atoms with Gasteiger partial charge in [-0.2, -0.15) is 0 Å². The number of benzene rings is 2. The number of nitrogens with one attached hydrogen (secondary N) is 1. The molecule has 2 rings (SSSR count). The number of rotatable bonds is 5.